The van der Waals surface area contributed by atoms with Gasteiger partial charge in [0.05, 0.1) is 0 Å². The molecule has 2 N–H and O–H groups in total. The molecular weight excluding hydrogens is 208 g/mol. The van der Waals surface area contributed by atoms with E-state index in [0.29, 0.717) is 12.0 Å². The predicted octanol–water partition coefficient (Wildman–Crippen LogP) is 2.42. The zero-order valence-corrected chi connectivity index (χ0v) is 10.6. The summed E-state index contributed by atoms with van der Waals surface area (Å²) in [4.78, 5) is 2.63. The lowest BCUT2D eigenvalue weighted by Crippen LogP contribution is -2.53. The summed E-state index contributed by atoms with van der Waals surface area (Å²) in [6.45, 7) is 4.41. The van der Waals surface area contributed by atoms with Crippen LogP contribution >= 0.6 is 0 Å². The summed E-state index contributed by atoms with van der Waals surface area (Å²) in [7, 11) is 0. The van der Waals surface area contributed by atoms with E-state index in [9.17, 15) is 0 Å². The monoisotopic (exact) mass is 230 g/mol. The van der Waals surface area contributed by atoms with Gasteiger partial charge in [-0.1, -0.05) is 25.1 Å². The highest BCUT2D eigenvalue weighted by Gasteiger charge is 2.37. The molecule has 1 aliphatic heterocycles. The van der Waals surface area contributed by atoms with E-state index in [1.54, 1.807) is 0 Å². The maximum absolute atomic E-state index is 5.86. The minimum absolute atomic E-state index is 0.698. The molecule has 3 unspecified atom stereocenters. The quantitative estimate of drug-likeness (QED) is 0.845. The van der Waals surface area contributed by atoms with Crippen molar-refractivity contribution in [3.8, 4) is 0 Å². The maximum Gasteiger partial charge on any atom is 0.0401 e. The van der Waals surface area contributed by atoms with Gasteiger partial charge in [0.25, 0.3) is 0 Å². The molecule has 2 aliphatic rings. The van der Waals surface area contributed by atoms with Crippen LogP contribution in [0.25, 0.3) is 0 Å². The first-order valence-electron chi connectivity index (χ1n) is 6.84. The molecule has 17 heavy (non-hydrogen) atoms. The van der Waals surface area contributed by atoms with Gasteiger partial charge >= 0.3 is 0 Å². The lowest BCUT2D eigenvalue weighted by atomic mass is 9.76. The Balaban J connectivity index is 1.90. The minimum Gasteiger partial charge on any atom is -0.368 e. The van der Waals surface area contributed by atoms with Crippen molar-refractivity contribution in [2.24, 2.45) is 17.6 Å². The first kappa shape index (κ1) is 11.1. The molecule has 1 aromatic carbocycles. The van der Waals surface area contributed by atoms with Gasteiger partial charge in [0.15, 0.2) is 0 Å². The Bertz CT molecular complexity index is 400. The molecular formula is C15H22N2. The smallest absolute Gasteiger partial charge is 0.0401 e. The standard InChI is InChI=1S/C15H22N2/c1-11-8-12-4-2-3-5-14(12)17(10-11)15-7-6-13(15)9-16/h2-5,11,13,15H,6-10,16H2,1H3. The van der Waals surface area contributed by atoms with Crippen LogP contribution in [-0.2, 0) is 6.42 Å². The normalized spacial score (nSPS) is 31.9. The van der Waals surface area contributed by atoms with Gasteiger partial charge in [-0.15, -0.1) is 0 Å². The zero-order valence-electron chi connectivity index (χ0n) is 10.6. The fraction of sp³-hybridized carbons (Fsp3) is 0.600. The van der Waals surface area contributed by atoms with Gasteiger partial charge < -0.3 is 10.6 Å². The number of rotatable bonds is 2. The van der Waals surface area contributed by atoms with Gasteiger partial charge in [0, 0.05) is 18.3 Å². The first-order chi connectivity index (χ1) is 8.29. The molecule has 1 aromatic rings. The Hall–Kier alpha value is -1.02. The second kappa shape index (κ2) is 4.34. The Labute approximate surface area is 104 Å². The Kier molecular flexibility index (Phi) is 2.83. The predicted molar refractivity (Wildman–Crippen MR) is 72.2 cm³/mol. The molecule has 2 nitrogen and oxygen atoms in total. The molecule has 3 rings (SSSR count). The van der Waals surface area contributed by atoms with Gasteiger partial charge in [-0.05, 0) is 49.3 Å². The van der Waals surface area contributed by atoms with E-state index in [-0.39, 0.29) is 0 Å². The number of nitrogens with two attached hydrogens (primary N) is 1. The summed E-state index contributed by atoms with van der Waals surface area (Å²) in [6, 6.07) is 9.60. The third-order valence-corrected chi connectivity index (χ3v) is 4.46. The number of nitrogens with zero attached hydrogens (tertiary/aromatic N) is 1. The van der Waals surface area contributed by atoms with Gasteiger partial charge in [0.2, 0.25) is 0 Å². The van der Waals surface area contributed by atoms with Crippen LogP contribution in [0.5, 0.6) is 0 Å². The minimum atomic E-state index is 0.698. The van der Waals surface area contributed by atoms with Gasteiger partial charge in [-0.2, -0.15) is 0 Å². The van der Waals surface area contributed by atoms with Crippen LogP contribution in [-0.4, -0.2) is 19.1 Å². The van der Waals surface area contributed by atoms with Crippen molar-refractivity contribution < 1.29 is 0 Å². The summed E-state index contributed by atoms with van der Waals surface area (Å²) in [6.07, 6.45) is 3.86. The van der Waals surface area contributed by atoms with Crippen molar-refractivity contribution >= 4 is 5.69 Å². The van der Waals surface area contributed by atoms with Crippen LogP contribution in [0.3, 0.4) is 0 Å². The van der Waals surface area contributed by atoms with Crippen molar-refractivity contribution in [1.82, 2.24) is 0 Å². The van der Waals surface area contributed by atoms with Crippen LogP contribution in [0, 0.1) is 11.8 Å². The Morgan fingerprint density at radius 1 is 1.29 bits per heavy atom. The van der Waals surface area contributed by atoms with Crippen molar-refractivity contribution in [1.29, 1.82) is 0 Å². The summed E-state index contributed by atoms with van der Waals surface area (Å²) >= 11 is 0. The average molecular weight is 230 g/mol. The molecule has 1 fully saturated rings. The summed E-state index contributed by atoms with van der Waals surface area (Å²) in [5.41, 5.74) is 8.85. The van der Waals surface area contributed by atoms with E-state index < -0.39 is 0 Å². The van der Waals surface area contributed by atoms with Crippen LogP contribution in [0.2, 0.25) is 0 Å². The number of hydrogen-bond acceptors (Lipinski definition) is 2. The molecule has 0 bridgehead atoms. The van der Waals surface area contributed by atoms with Crippen molar-refractivity contribution in [3.05, 3.63) is 29.8 Å². The second-order valence-electron chi connectivity index (χ2n) is 5.73. The summed E-state index contributed by atoms with van der Waals surface area (Å²) < 4.78 is 0. The molecule has 92 valence electrons. The zero-order chi connectivity index (χ0) is 11.8. The Morgan fingerprint density at radius 2 is 2.12 bits per heavy atom. The lowest BCUT2D eigenvalue weighted by Gasteiger charge is -2.48. The van der Waals surface area contributed by atoms with Crippen molar-refractivity contribution in [2.45, 2.75) is 32.2 Å². The molecule has 2 heteroatoms. The lowest BCUT2D eigenvalue weighted by molar-refractivity contribution is 0.239. The van der Waals surface area contributed by atoms with Gasteiger partial charge in [0.1, 0.15) is 0 Å². The van der Waals surface area contributed by atoms with Gasteiger partial charge in [-0.3, -0.25) is 0 Å². The topological polar surface area (TPSA) is 29.3 Å². The fourth-order valence-corrected chi connectivity index (χ4v) is 3.39. The number of anilines is 1. The third-order valence-electron chi connectivity index (χ3n) is 4.46. The van der Waals surface area contributed by atoms with E-state index in [1.807, 2.05) is 0 Å². The fourth-order valence-electron chi connectivity index (χ4n) is 3.39. The molecule has 0 amide bonds. The number of para-hydroxylation sites is 1. The average Bonchev–Trinajstić information content (AvgIpc) is 2.28. The van der Waals surface area contributed by atoms with E-state index >= 15 is 0 Å². The second-order valence-corrected chi connectivity index (χ2v) is 5.73. The van der Waals surface area contributed by atoms with Crippen molar-refractivity contribution in [3.63, 3.8) is 0 Å². The molecule has 1 aliphatic carbocycles. The highest BCUT2D eigenvalue weighted by atomic mass is 15.2. The molecule has 0 aromatic heterocycles. The van der Waals surface area contributed by atoms with Crippen LogP contribution in [0.4, 0.5) is 5.69 Å². The van der Waals surface area contributed by atoms with E-state index in [4.69, 9.17) is 5.73 Å². The van der Waals surface area contributed by atoms with E-state index in [1.165, 1.54) is 37.1 Å². The van der Waals surface area contributed by atoms with Crippen molar-refractivity contribution in [2.75, 3.05) is 18.0 Å². The number of fused-ring (bicyclic) bond motifs is 1. The Morgan fingerprint density at radius 3 is 2.82 bits per heavy atom. The molecule has 1 heterocycles. The van der Waals surface area contributed by atoms with E-state index in [0.717, 1.165) is 12.5 Å². The highest BCUT2D eigenvalue weighted by Crippen LogP contribution is 2.39. The van der Waals surface area contributed by atoms with Crippen LogP contribution in [0.15, 0.2) is 24.3 Å². The van der Waals surface area contributed by atoms with Gasteiger partial charge in [-0.25, -0.2) is 0 Å². The third kappa shape index (κ3) is 1.85. The summed E-state index contributed by atoms with van der Waals surface area (Å²) in [5.74, 6) is 1.48. The van der Waals surface area contributed by atoms with E-state index in [2.05, 4.69) is 36.1 Å². The molecule has 0 radical (unpaired) electrons. The largest absolute Gasteiger partial charge is 0.368 e. The number of benzene rings is 1. The highest BCUT2D eigenvalue weighted by molar-refractivity contribution is 5.57. The SMILES string of the molecule is CC1Cc2ccccc2N(C2CCC2CN)C1. The first-order valence-corrected chi connectivity index (χ1v) is 6.84. The molecule has 1 saturated carbocycles. The van der Waals surface area contributed by atoms with Crippen LogP contribution < -0.4 is 10.6 Å². The number of hydrogen-bond donors (Lipinski definition) is 1. The molecule has 3 atom stereocenters. The molecule has 0 spiro atoms. The summed E-state index contributed by atoms with van der Waals surface area (Å²) in [5, 5.41) is 0. The maximum atomic E-state index is 5.86. The van der Waals surface area contributed by atoms with Crippen LogP contribution in [0.1, 0.15) is 25.3 Å². The molecule has 0 saturated heterocycles.